The maximum absolute atomic E-state index is 13.2. The number of piperidine rings is 1. The molecule has 0 bridgehead atoms. The van der Waals surface area contributed by atoms with Crippen LogP contribution in [-0.2, 0) is 17.8 Å². The highest BCUT2D eigenvalue weighted by Gasteiger charge is 2.30. The number of carbonyl (C=O) groups is 4. The van der Waals surface area contributed by atoms with Gasteiger partial charge in [0, 0.05) is 37.1 Å². The van der Waals surface area contributed by atoms with Gasteiger partial charge in [-0.15, -0.1) is 0 Å². The number of rotatable bonds is 6. The van der Waals surface area contributed by atoms with Gasteiger partial charge < -0.3 is 30.6 Å². The number of nitrogens with one attached hydrogen (secondary N) is 3. The van der Waals surface area contributed by atoms with E-state index >= 15 is 0 Å². The summed E-state index contributed by atoms with van der Waals surface area (Å²) in [6.07, 6.45) is 2.64. The average molecular weight is 603 g/mol. The molecule has 2 aliphatic heterocycles. The molecule has 2 aromatic carbocycles. The standard InChI is InChI=1S/C27H28Cl2N6O6/c28-19-8-16-12-34(25(38)14-3-4-15-10-31-33-20(15)9-14)7-5-18(16)23(29)22(19)24(37)32-21(26(39)40)11-30-27(41)35-6-1-2-17(36)13-35/h3-4,8-10,17,21,36H,1-2,5-7,11-13H2,(H,30,41)(H,31,33)(H,32,37)(H,39,40)/t17-,21+/m1/s1. The summed E-state index contributed by atoms with van der Waals surface area (Å²) in [4.78, 5) is 53.7. The van der Waals surface area contributed by atoms with Gasteiger partial charge in [0.25, 0.3) is 11.8 Å². The molecule has 14 heteroatoms. The van der Waals surface area contributed by atoms with Crippen LogP contribution in [0, 0.1) is 0 Å². The van der Waals surface area contributed by atoms with E-state index in [1.807, 2.05) is 6.07 Å². The molecule has 0 aliphatic carbocycles. The number of urea groups is 1. The first-order valence-electron chi connectivity index (χ1n) is 13.1. The molecule has 3 heterocycles. The van der Waals surface area contributed by atoms with Crippen LogP contribution in [0.1, 0.15) is 44.7 Å². The number of hydrogen-bond donors (Lipinski definition) is 5. The SMILES string of the molecule is O=C(N[C@@H](CNC(=O)N1CCC[C@@H](O)C1)C(=O)O)c1c(Cl)cc2c(c1Cl)CCN(C(=O)c1ccc3cn[nH]c3c1)C2. The van der Waals surface area contributed by atoms with Crippen molar-refractivity contribution in [1.29, 1.82) is 0 Å². The monoisotopic (exact) mass is 602 g/mol. The number of aromatic nitrogens is 2. The lowest BCUT2D eigenvalue weighted by Crippen LogP contribution is -2.53. The second-order valence-electron chi connectivity index (χ2n) is 10.1. The summed E-state index contributed by atoms with van der Waals surface area (Å²) < 4.78 is 0. The van der Waals surface area contributed by atoms with E-state index in [1.165, 1.54) is 4.90 Å². The molecule has 41 heavy (non-hydrogen) atoms. The minimum absolute atomic E-state index is 0.00917. The van der Waals surface area contributed by atoms with Gasteiger partial charge >= 0.3 is 12.0 Å². The second kappa shape index (κ2) is 11.9. The van der Waals surface area contributed by atoms with E-state index in [2.05, 4.69) is 20.8 Å². The van der Waals surface area contributed by atoms with Crippen LogP contribution in [0.3, 0.4) is 0 Å². The summed E-state index contributed by atoms with van der Waals surface area (Å²) in [5.74, 6) is -2.33. The summed E-state index contributed by atoms with van der Waals surface area (Å²) in [6.45, 7) is 0.790. The largest absolute Gasteiger partial charge is 0.480 e. The summed E-state index contributed by atoms with van der Waals surface area (Å²) in [6, 6.07) is 4.87. The first-order chi connectivity index (χ1) is 19.6. The Hall–Kier alpha value is -3.87. The van der Waals surface area contributed by atoms with Crippen LogP contribution in [-0.4, -0.2) is 92.3 Å². The van der Waals surface area contributed by atoms with Gasteiger partial charge in [-0.3, -0.25) is 14.7 Å². The number of aliphatic carboxylic acids is 1. The van der Waals surface area contributed by atoms with Crippen LogP contribution in [0.2, 0.25) is 10.0 Å². The number of amides is 4. The Kier molecular flexibility index (Phi) is 8.34. The number of likely N-dealkylation sites (tertiary alicyclic amines) is 1. The van der Waals surface area contributed by atoms with Gasteiger partial charge in [-0.1, -0.05) is 29.3 Å². The third-order valence-corrected chi connectivity index (χ3v) is 8.07. The predicted molar refractivity (Wildman–Crippen MR) is 150 cm³/mol. The molecule has 2 atom stereocenters. The quantitative estimate of drug-likeness (QED) is 0.288. The molecule has 2 aliphatic rings. The molecule has 4 amide bonds. The van der Waals surface area contributed by atoms with Crippen molar-refractivity contribution >= 4 is 57.9 Å². The van der Waals surface area contributed by atoms with E-state index < -0.39 is 30.1 Å². The van der Waals surface area contributed by atoms with Gasteiger partial charge in [0.05, 0.1) is 40.0 Å². The molecule has 5 rings (SSSR count). The van der Waals surface area contributed by atoms with Crippen LogP contribution in [0.5, 0.6) is 0 Å². The molecule has 1 fully saturated rings. The fourth-order valence-corrected chi connectivity index (χ4v) is 5.92. The van der Waals surface area contributed by atoms with Crippen LogP contribution in [0.15, 0.2) is 30.5 Å². The summed E-state index contributed by atoms with van der Waals surface area (Å²) in [7, 11) is 0. The molecule has 216 valence electrons. The fourth-order valence-electron chi connectivity index (χ4n) is 5.16. The van der Waals surface area contributed by atoms with E-state index in [9.17, 15) is 29.4 Å². The maximum atomic E-state index is 13.2. The predicted octanol–water partition coefficient (Wildman–Crippen LogP) is 2.42. The number of carbonyl (C=O) groups excluding carboxylic acids is 3. The fraction of sp³-hybridized carbons (Fsp3) is 0.370. The highest BCUT2D eigenvalue weighted by atomic mass is 35.5. The Bertz CT molecular complexity index is 1530. The normalized spacial score (nSPS) is 17.6. The number of H-pyrrole nitrogens is 1. The average Bonchev–Trinajstić information content (AvgIpc) is 3.42. The Labute approximate surface area is 244 Å². The number of carboxylic acid groups (broad SMARTS) is 1. The Balaban J connectivity index is 1.27. The van der Waals surface area contributed by atoms with Crippen molar-refractivity contribution in [3.8, 4) is 0 Å². The molecule has 1 saturated heterocycles. The molecule has 0 unspecified atom stereocenters. The zero-order valence-electron chi connectivity index (χ0n) is 21.8. The lowest BCUT2D eigenvalue weighted by molar-refractivity contribution is -0.139. The molecule has 12 nitrogen and oxygen atoms in total. The van der Waals surface area contributed by atoms with Gasteiger partial charge in [-0.2, -0.15) is 5.10 Å². The number of carboxylic acids is 1. The molecule has 5 N–H and O–H groups in total. The first-order valence-corrected chi connectivity index (χ1v) is 13.8. The molecule has 1 aromatic heterocycles. The van der Waals surface area contributed by atoms with Crippen LogP contribution >= 0.6 is 23.2 Å². The minimum atomic E-state index is -1.45. The minimum Gasteiger partial charge on any atom is -0.480 e. The van der Waals surface area contributed by atoms with Gasteiger partial charge in [0.1, 0.15) is 6.04 Å². The van der Waals surface area contributed by atoms with E-state index in [4.69, 9.17) is 23.2 Å². The highest BCUT2D eigenvalue weighted by Crippen LogP contribution is 2.35. The highest BCUT2D eigenvalue weighted by molar-refractivity contribution is 6.40. The number of aliphatic hydroxyl groups excluding tert-OH is 1. The molecule has 0 spiro atoms. The summed E-state index contributed by atoms with van der Waals surface area (Å²) >= 11 is 13.1. The van der Waals surface area contributed by atoms with Crippen molar-refractivity contribution in [3.05, 3.63) is 62.8 Å². The van der Waals surface area contributed by atoms with Crippen molar-refractivity contribution in [1.82, 2.24) is 30.6 Å². The topological polar surface area (TPSA) is 168 Å². The number of aliphatic hydroxyl groups is 1. The third-order valence-electron chi connectivity index (χ3n) is 7.35. The summed E-state index contributed by atoms with van der Waals surface area (Å²) in [5.41, 5.74) is 2.51. The van der Waals surface area contributed by atoms with Crippen molar-refractivity contribution in [2.45, 2.75) is 38.0 Å². The Morgan fingerprint density at radius 3 is 2.71 bits per heavy atom. The second-order valence-corrected chi connectivity index (χ2v) is 10.9. The molecule has 3 aromatic rings. The van der Waals surface area contributed by atoms with Crippen LogP contribution in [0.4, 0.5) is 4.79 Å². The van der Waals surface area contributed by atoms with Crippen molar-refractivity contribution in [3.63, 3.8) is 0 Å². The number of hydrogen-bond acceptors (Lipinski definition) is 6. The number of halogens is 2. The van der Waals surface area contributed by atoms with Gasteiger partial charge in [-0.25, -0.2) is 9.59 Å². The zero-order chi connectivity index (χ0) is 29.3. The van der Waals surface area contributed by atoms with Crippen molar-refractivity contribution < 1.29 is 29.4 Å². The Morgan fingerprint density at radius 2 is 1.95 bits per heavy atom. The lowest BCUT2D eigenvalue weighted by Gasteiger charge is -2.31. The lowest BCUT2D eigenvalue weighted by atomic mass is 9.96. The Morgan fingerprint density at radius 1 is 1.15 bits per heavy atom. The van der Waals surface area contributed by atoms with Crippen LogP contribution < -0.4 is 10.6 Å². The zero-order valence-corrected chi connectivity index (χ0v) is 23.3. The van der Waals surface area contributed by atoms with E-state index in [0.717, 1.165) is 10.9 Å². The summed E-state index contributed by atoms with van der Waals surface area (Å²) in [5, 5.41) is 32.1. The van der Waals surface area contributed by atoms with Gasteiger partial charge in [-0.05, 0) is 48.6 Å². The van der Waals surface area contributed by atoms with Gasteiger partial charge in [0.15, 0.2) is 0 Å². The van der Waals surface area contributed by atoms with E-state index in [-0.39, 0.29) is 41.2 Å². The molecular formula is C27H28Cl2N6O6. The van der Waals surface area contributed by atoms with Crippen LogP contribution in [0.25, 0.3) is 10.9 Å². The number of aromatic amines is 1. The molecule has 0 radical (unpaired) electrons. The molecular weight excluding hydrogens is 575 g/mol. The van der Waals surface area contributed by atoms with E-state index in [1.54, 1.807) is 29.3 Å². The maximum Gasteiger partial charge on any atom is 0.328 e. The third kappa shape index (κ3) is 6.09. The number of β-amino-alcohol motifs (C(OH)–C–C–N with tert-alkyl or cyclic N) is 1. The van der Waals surface area contributed by atoms with Crippen molar-refractivity contribution in [2.75, 3.05) is 26.2 Å². The molecule has 0 saturated carbocycles. The number of fused-ring (bicyclic) bond motifs is 2. The van der Waals surface area contributed by atoms with Gasteiger partial charge in [0.2, 0.25) is 0 Å². The van der Waals surface area contributed by atoms with Crippen molar-refractivity contribution in [2.24, 2.45) is 0 Å². The van der Waals surface area contributed by atoms with E-state index in [0.29, 0.717) is 49.0 Å². The number of nitrogens with zero attached hydrogens (tertiary/aromatic N) is 3. The first kappa shape index (κ1) is 28.7. The number of benzene rings is 2. The smallest absolute Gasteiger partial charge is 0.328 e.